The van der Waals surface area contributed by atoms with Gasteiger partial charge in [0.05, 0.1) is 5.51 Å². The lowest BCUT2D eigenvalue weighted by Gasteiger charge is -2.28. The zero-order valence-corrected chi connectivity index (χ0v) is 16.6. The molecule has 28 heavy (non-hydrogen) atoms. The summed E-state index contributed by atoms with van der Waals surface area (Å²) in [4.78, 5) is 41.1. The van der Waals surface area contributed by atoms with Gasteiger partial charge in [0.25, 0.3) is 5.91 Å². The van der Waals surface area contributed by atoms with Gasteiger partial charge >= 0.3 is 5.97 Å². The molecule has 0 radical (unpaired) electrons. The zero-order chi connectivity index (χ0) is 19.7. The lowest BCUT2D eigenvalue weighted by atomic mass is 9.77. The van der Waals surface area contributed by atoms with Crippen LogP contribution in [0, 0.1) is 11.3 Å². The van der Waals surface area contributed by atoms with Crippen molar-refractivity contribution in [3.63, 3.8) is 0 Å². The lowest BCUT2D eigenvalue weighted by molar-refractivity contribution is -0.137. The third-order valence-corrected chi connectivity index (χ3v) is 6.50. The number of nitrogens with zero attached hydrogens (tertiary/aromatic N) is 5. The van der Waals surface area contributed by atoms with Crippen molar-refractivity contribution in [2.45, 2.75) is 26.2 Å². The van der Waals surface area contributed by atoms with Gasteiger partial charge in [-0.2, -0.15) is 0 Å². The lowest BCUT2D eigenvalue weighted by Crippen LogP contribution is -2.37. The third kappa shape index (κ3) is 3.46. The predicted octanol–water partition coefficient (Wildman–Crippen LogP) is 1.94. The number of aliphatic carboxylic acids is 1. The smallest absolute Gasteiger partial charge is 0.303 e. The molecule has 2 aliphatic rings. The van der Waals surface area contributed by atoms with E-state index in [-0.39, 0.29) is 23.7 Å². The second-order valence-electron chi connectivity index (χ2n) is 7.64. The molecule has 8 nitrogen and oxygen atoms in total. The maximum atomic E-state index is 12.8. The molecule has 0 aromatic carbocycles. The number of carboxylic acid groups (broad SMARTS) is 1. The molecular weight excluding hydrogens is 378 g/mol. The molecule has 0 spiro atoms. The summed E-state index contributed by atoms with van der Waals surface area (Å²) in [7, 11) is 0. The topological polar surface area (TPSA) is 99.5 Å². The Bertz CT molecular complexity index is 857. The molecule has 2 saturated heterocycles. The van der Waals surface area contributed by atoms with Crippen molar-refractivity contribution in [3.05, 3.63) is 34.5 Å². The number of aromatic nitrogens is 3. The molecule has 2 fully saturated rings. The van der Waals surface area contributed by atoms with E-state index in [0.717, 1.165) is 18.5 Å². The van der Waals surface area contributed by atoms with E-state index >= 15 is 0 Å². The molecule has 0 bridgehead atoms. The third-order valence-electron chi connectivity index (χ3n) is 5.92. The average molecular weight is 401 g/mol. The monoisotopic (exact) mass is 401 g/mol. The molecule has 4 heterocycles. The van der Waals surface area contributed by atoms with Crippen molar-refractivity contribution < 1.29 is 14.7 Å². The number of carboxylic acids is 1. The summed E-state index contributed by atoms with van der Waals surface area (Å²) < 4.78 is 0. The van der Waals surface area contributed by atoms with Crippen LogP contribution >= 0.6 is 11.3 Å². The first kappa shape index (κ1) is 18.8. The van der Waals surface area contributed by atoms with Gasteiger partial charge in [-0.1, -0.05) is 6.92 Å². The summed E-state index contributed by atoms with van der Waals surface area (Å²) in [5, 5.41) is 11.0. The number of rotatable bonds is 6. The maximum Gasteiger partial charge on any atom is 0.303 e. The minimum Gasteiger partial charge on any atom is -0.481 e. The summed E-state index contributed by atoms with van der Waals surface area (Å²) in [5.74, 6) is 0.00224. The number of hydrogen-bond donors (Lipinski definition) is 1. The number of aryl methyl sites for hydroxylation is 1. The van der Waals surface area contributed by atoms with Crippen molar-refractivity contribution in [1.29, 1.82) is 0 Å². The van der Waals surface area contributed by atoms with Gasteiger partial charge in [0.15, 0.2) is 0 Å². The number of hydrogen-bond acceptors (Lipinski definition) is 7. The van der Waals surface area contributed by atoms with Crippen LogP contribution in [0.25, 0.3) is 0 Å². The molecule has 4 rings (SSSR count). The minimum atomic E-state index is -0.806. The van der Waals surface area contributed by atoms with E-state index in [1.807, 2.05) is 17.3 Å². The molecular formula is C19H23N5O3S. The van der Waals surface area contributed by atoms with Crippen LogP contribution in [0.5, 0.6) is 0 Å². The first-order valence-corrected chi connectivity index (χ1v) is 10.4. The molecule has 0 aliphatic carbocycles. The van der Waals surface area contributed by atoms with Gasteiger partial charge in [-0.15, -0.1) is 11.3 Å². The van der Waals surface area contributed by atoms with Crippen molar-refractivity contribution in [2.75, 3.05) is 31.1 Å². The molecule has 0 unspecified atom stereocenters. The first-order chi connectivity index (χ1) is 13.5. The van der Waals surface area contributed by atoms with Crippen LogP contribution in [0.4, 0.5) is 5.95 Å². The van der Waals surface area contributed by atoms with Crippen LogP contribution in [-0.2, 0) is 11.2 Å². The molecule has 2 aromatic rings. The molecule has 2 atom stereocenters. The molecule has 1 amide bonds. The Kier molecular flexibility index (Phi) is 5.01. The Morgan fingerprint density at radius 2 is 2.04 bits per heavy atom. The van der Waals surface area contributed by atoms with Crippen LogP contribution in [0.15, 0.2) is 23.3 Å². The van der Waals surface area contributed by atoms with Gasteiger partial charge < -0.3 is 14.9 Å². The van der Waals surface area contributed by atoms with Gasteiger partial charge in [-0.05, 0) is 18.4 Å². The Hall–Kier alpha value is -2.55. The van der Waals surface area contributed by atoms with Crippen LogP contribution in [0.1, 0.15) is 35.8 Å². The van der Waals surface area contributed by atoms with Crippen molar-refractivity contribution >= 4 is 29.2 Å². The molecule has 2 aliphatic heterocycles. The van der Waals surface area contributed by atoms with E-state index in [0.29, 0.717) is 37.7 Å². The fourth-order valence-corrected chi connectivity index (χ4v) is 4.90. The fourth-order valence-electron chi connectivity index (χ4n) is 4.37. The molecule has 0 saturated carbocycles. The van der Waals surface area contributed by atoms with Crippen molar-refractivity contribution in [3.8, 4) is 0 Å². The minimum absolute atomic E-state index is 0.0690. The van der Waals surface area contributed by atoms with E-state index in [9.17, 15) is 14.7 Å². The summed E-state index contributed by atoms with van der Waals surface area (Å²) in [5.41, 5.74) is 2.96. The number of amides is 1. The number of anilines is 1. The van der Waals surface area contributed by atoms with Crippen LogP contribution in [-0.4, -0.2) is 63.0 Å². The Morgan fingerprint density at radius 1 is 1.25 bits per heavy atom. The number of fused-ring (bicyclic) bond motifs is 1. The first-order valence-electron chi connectivity index (χ1n) is 9.46. The average Bonchev–Trinajstić information content (AvgIpc) is 3.40. The fraction of sp³-hybridized carbons (Fsp3) is 0.526. The maximum absolute atomic E-state index is 12.8. The highest BCUT2D eigenvalue weighted by atomic mass is 32.1. The van der Waals surface area contributed by atoms with Crippen LogP contribution in [0.2, 0.25) is 0 Å². The quantitative estimate of drug-likeness (QED) is 0.789. The Labute approximate surface area is 167 Å². The highest BCUT2D eigenvalue weighted by molar-refractivity contribution is 7.07. The van der Waals surface area contributed by atoms with Gasteiger partial charge in [-0.25, -0.2) is 15.0 Å². The van der Waals surface area contributed by atoms with E-state index in [4.69, 9.17) is 0 Å². The highest BCUT2D eigenvalue weighted by Crippen LogP contribution is 2.46. The highest BCUT2D eigenvalue weighted by Gasteiger charge is 2.54. The Balaban J connectivity index is 1.54. The number of likely N-dealkylation sites (tertiary alicyclic amines) is 1. The summed E-state index contributed by atoms with van der Waals surface area (Å²) in [6, 6.07) is 0. The number of thiazole rings is 1. The van der Waals surface area contributed by atoms with Crippen molar-refractivity contribution in [1.82, 2.24) is 19.9 Å². The largest absolute Gasteiger partial charge is 0.481 e. The standard InChI is InChI=1S/C19H23N5O3S/c1-2-13-5-20-18(21-6-13)24-8-14-7-23(17(27)15-9-28-12-22-15)10-19(14,11-24)4-3-16(25)26/h5-6,9,12,14H,2-4,7-8,10-11H2,1H3,(H,25,26)/t14-,19+/m1/s1. The SMILES string of the molecule is CCc1cnc(N2C[C@H]3CN(C(=O)c4cscn4)C[C@@]3(CCC(=O)O)C2)nc1. The van der Waals surface area contributed by atoms with E-state index in [1.165, 1.54) is 11.3 Å². The molecule has 2 aromatic heterocycles. The number of carbonyl (C=O) groups is 2. The molecule has 1 N–H and O–H groups in total. The zero-order valence-electron chi connectivity index (χ0n) is 15.7. The second kappa shape index (κ2) is 7.46. The van der Waals surface area contributed by atoms with E-state index < -0.39 is 5.97 Å². The summed E-state index contributed by atoms with van der Waals surface area (Å²) >= 11 is 1.40. The van der Waals surface area contributed by atoms with Gasteiger partial charge in [0.1, 0.15) is 5.69 Å². The van der Waals surface area contributed by atoms with E-state index in [1.54, 1.807) is 10.9 Å². The predicted molar refractivity (Wildman–Crippen MR) is 104 cm³/mol. The van der Waals surface area contributed by atoms with Crippen LogP contribution < -0.4 is 4.90 Å². The van der Waals surface area contributed by atoms with Crippen LogP contribution in [0.3, 0.4) is 0 Å². The van der Waals surface area contributed by atoms with Crippen molar-refractivity contribution in [2.24, 2.45) is 11.3 Å². The second-order valence-corrected chi connectivity index (χ2v) is 8.36. The Morgan fingerprint density at radius 3 is 2.68 bits per heavy atom. The molecule has 148 valence electrons. The summed E-state index contributed by atoms with van der Waals surface area (Å²) in [6.07, 6.45) is 5.21. The van der Waals surface area contributed by atoms with Gasteiger partial charge in [0.2, 0.25) is 5.95 Å². The number of carbonyl (C=O) groups excluding carboxylic acids is 1. The van der Waals surface area contributed by atoms with Gasteiger partial charge in [-0.3, -0.25) is 9.59 Å². The summed E-state index contributed by atoms with van der Waals surface area (Å²) in [6.45, 7) is 4.61. The van der Waals surface area contributed by atoms with E-state index in [2.05, 4.69) is 26.8 Å². The molecule has 9 heteroatoms. The van der Waals surface area contributed by atoms with Gasteiger partial charge in [0, 0.05) is 61.7 Å². The normalized spacial score (nSPS) is 23.8.